The third-order valence-electron chi connectivity index (χ3n) is 2.42. The van der Waals surface area contributed by atoms with E-state index in [-0.39, 0.29) is 12.6 Å². The molecule has 0 saturated carbocycles. The Balaban J connectivity index is 2.69. The van der Waals surface area contributed by atoms with E-state index >= 15 is 0 Å². The molecule has 1 aromatic rings. The van der Waals surface area contributed by atoms with E-state index in [1.54, 1.807) is 13.3 Å². The van der Waals surface area contributed by atoms with E-state index in [9.17, 15) is 0 Å². The first-order chi connectivity index (χ1) is 7.19. The molecule has 0 saturated heterocycles. The molecular weight excluding hydrogens is 192 g/mol. The molecule has 1 heterocycles. The molecule has 0 aliphatic heterocycles. The number of ether oxygens (including phenoxy) is 1. The predicted octanol–water partition coefficient (Wildman–Crippen LogP) is 1.05. The Labute approximate surface area is 90.5 Å². The summed E-state index contributed by atoms with van der Waals surface area (Å²) in [6.45, 7) is 2.77. The summed E-state index contributed by atoms with van der Waals surface area (Å²) in [4.78, 5) is 6.31. The summed E-state index contributed by atoms with van der Waals surface area (Å²) in [7, 11) is 3.66. The molecule has 1 rings (SSSR count). The van der Waals surface area contributed by atoms with Gasteiger partial charge in [0.05, 0.1) is 19.3 Å². The minimum Gasteiger partial charge on any atom is -0.392 e. The zero-order chi connectivity index (χ0) is 11.3. The lowest BCUT2D eigenvalue weighted by Gasteiger charge is -2.25. The minimum absolute atomic E-state index is 0.0324. The lowest BCUT2D eigenvalue weighted by Crippen LogP contribution is -2.33. The number of hydrogen-bond acceptors (Lipinski definition) is 4. The van der Waals surface area contributed by atoms with Crippen LogP contribution in [0.5, 0.6) is 0 Å². The molecule has 1 N–H and O–H groups in total. The van der Waals surface area contributed by atoms with Gasteiger partial charge in [-0.1, -0.05) is 6.07 Å². The summed E-state index contributed by atoms with van der Waals surface area (Å²) in [5, 5.41) is 8.89. The smallest absolute Gasteiger partial charge is 0.128 e. The van der Waals surface area contributed by atoms with Crippen LogP contribution in [0.1, 0.15) is 12.5 Å². The van der Waals surface area contributed by atoms with Gasteiger partial charge in [-0.05, 0) is 18.6 Å². The van der Waals surface area contributed by atoms with Gasteiger partial charge in [-0.2, -0.15) is 0 Å². The van der Waals surface area contributed by atoms with Gasteiger partial charge in [0.1, 0.15) is 5.82 Å². The summed E-state index contributed by atoms with van der Waals surface area (Å²) in [6, 6.07) is 4.05. The highest BCUT2D eigenvalue weighted by molar-refractivity contribution is 5.39. The lowest BCUT2D eigenvalue weighted by molar-refractivity contribution is 0.183. The van der Waals surface area contributed by atoms with Gasteiger partial charge in [0.15, 0.2) is 0 Å². The number of hydrogen-bond donors (Lipinski definition) is 1. The fourth-order valence-electron chi connectivity index (χ4n) is 1.30. The third-order valence-corrected chi connectivity index (χ3v) is 2.42. The fourth-order valence-corrected chi connectivity index (χ4v) is 1.30. The van der Waals surface area contributed by atoms with Crippen LogP contribution in [0.4, 0.5) is 5.82 Å². The molecule has 0 aliphatic rings. The van der Waals surface area contributed by atoms with Crippen molar-refractivity contribution in [2.45, 2.75) is 19.6 Å². The van der Waals surface area contributed by atoms with Crippen LogP contribution in [-0.2, 0) is 11.3 Å². The molecule has 0 amide bonds. The van der Waals surface area contributed by atoms with E-state index in [4.69, 9.17) is 9.84 Å². The minimum atomic E-state index is 0.0324. The second-order valence-electron chi connectivity index (χ2n) is 3.60. The third kappa shape index (κ3) is 3.18. The number of aliphatic hydroxyl groups is 1. The molecule has 0 aliphatic carbocycles. The van der Waals surface area contributed by atoms with Gasteiger partial charge in [-0.25, -0.2) is 4.98 Å². The van der Waals surface area contributed by atoms with E-state index in [2.05, 4.69) is 11.9 Å². The zero-order valence-corrected chi connectivity index (χ0v) is 9.47. The van der Waals surface area contributed by atoms with Crippen LogP contribution >= 0.6 is 0 Å². The van der Waals surface area contributed by atoms with Crippen LogP contribution in [0.2, 0.25) is 0 Å². The van der Waals surface area contributed by atoms with Crippen LogP contribution in [0.3, 0.4) is 0 Å². The van der Waals surface area contributed by atoms with Crippen molar-refractivity contribution >= 4 is 5.82 Å². The molecule has 0 aromatic carbocycles. The van der Waals surface area contributed by atoms with Crippen LogP contribution in [-0.4, -0.2) is 36.9 Å². The van der Waals surface area contributed by atoms with Crippen molar-refractivity contribution in [2.75, 3.05) is 25.7 Å². The van der Waals surface area contributed by atoms with Crippen molar-refractivity contribution in [3.63, 3.8) is 0 Å². The number of pyridine rings is 1. The first-order valence-corrected chi connectivity index (χ1v) is 4.96. The van der Waals surface area contributed by atoms with Gasteiger partial charge in [0.25, 0.3) is 0 Å². The maximum Gasteiger partial charge on any atom is 0.128 e. The van der Waals surface area contributed by atoms with E-state index in [0.717, 1.165) is 11.4 Å². The van der Waals surface area contributed by atoms with Gasteiger partial charge < -0.3 is 14.7 Å². The largest absolute Gasteiger partial charge is 0.392 e. The van der Waals surface area contributed by atoms with E-state index in [0.29, 0.717) is 6.61 Å². The summed E-state index contributed by atoms with van der Waals surface area (Å²) in [6.07, 6.45) is 1.69. The van der Waals surface area contributed by atoms with Crippen molar-refractivity contribution < 1.29 is 9.84 Å². The lowest BCUT2D eigenvalue weighted by atomic mass is 10.2. The maximum atomic E-state index is 8.89. The van der Waals surface area contributed by atoms with Crippen molar-refractivity contribution in [1.82, 2.24) is 4.98 Å². The Hall–Kier alpha value is -1.13. The molecule has 4 heteroatoms. The molecule has 84 valence electrons. The highest BCUT2D eigenvalue weighted by Crippen LogP contribution is 2.12. The van der Waals surface area contributed by atoms with Crippen molar-refractivity contribution in [3.8, 4) is 0 Å². The average Bonchev–Trinajstić information content (AvgIpc) is 2.28. The Bertz CT molecular complexity index is 287. The average molecular weight is 210 g/mol. The van der Waals surface area contributed by atoms with E-state index < -0.39 is 0 Å². The van der Waals surface area contributed by atoms with Crippen molar-refractivity contribution in [3.05, 3.63) is 23.9 Å². The first kappa shape index (κ1) is 11.9. The van der Waals surface area contributed by atoms with Gasteiger partial charge in [0, 0.05) is 20.4 Å². The molecule has 15 heavy (non-hydrogen) atoms. The highest BCUT2D eigenvalue weighted by atomic mass is 16.5. The van der Waals surface area contributed by atoms with E-state index in [1.165, 1.54) is 0 Å². The highest BCUT2D eigenvalue weighted by Gasteiger charge is 2.10. The summed E-state index contributed by atoms with van der Waals surface area (Å²) in [5.74, 6) is 0.886. The van der Waals surface area contributed by atoms with Gasteiger partial charge in [-0.15, -0.1) is 0 Å². The standard InChI is InChI=1S/C11H18N2O2/c1-9(8-15-3)13(2)11-5-4-10(7-14)6-12-11/h4-6,9,14H,7-8H2,1-3H3. The number of rotatable bonds is 5. The number of anilines is 1. The zero-order valence-electron chi connectivity index (χ0n) is 9.47. The van der Waals surface area contributed by atoms with Crippen LogP contribution in [0.25, 0.3) is 0 Å². The summed E-state index contributed by atoms with van der Waals surface area (Å²) in [5.41, 5.74) is 0.826. The van der Waals surface area contributed by atoms with Gasteiger partial charge >= 0.3 is 0 Å². The summed E-state index contributed by atoms with van der Waals surface area (Å²) >= 11 is 0. The molecule has 4 nitrogen and oxygen atoms in total. The number of methoxy groups -OCH3 is 1. The van der Waals surface area contributed by atoms with Crippen molar-refractivity contribution in [1.29, 1.82) is 0 Å². The molecule has 0 spiro atoms. The SMILES string of the molecule is COCC(C)N(C)c1ccc(CO)cn1. The normalized spacial score (nSPS) is 12.5. The Morgan fingerprint density at radius 2 is 2.27 bits per heavy atom. The second-order valence-corrected chi connectivity index (χ2v) is 3.60. The number of nitrogens with zero attached hydrogens (tertiary/aromatic N) is 2. The Kier molecular flexibility index (Phi) is 4.52. The van der Waals surface area contributed by atoms with Crippen LogP contribution in [0.15, 0.2) is 18.3 Å². The first-order valence-electron chi connectivity index (χ1n) is 4.96. The fraction of sp³-hybridized carbons (Fsp3) is 0.545. The molecule has 0 fully saturated rings. The topological polar surface area (TPSA) is 45.6 Å². The van der Waals surface area contributed by atoms with Gasteiger partial charge in [0.2, 0.25) is 0 Å². The quantitative estimate of drug-likeness (QED) is 0.789. The van der Waals surface area contributed by atoms with Crippen molar-refractivity contribution in [2.24, 2.45) is 0 Å². The van der Waals surface area contributed by atoms with Crippen LogP contribution in [0, 0.1) is 0 Å². The second kappa shape index (κ2) is 5.68. The molecule has 1 unspecified atom stereocenters. The molecule has 1 aromatic heterocycles. The Morgan fingerprint density at radius 3 is 2.73 bits per heavy atom. The maximum absolute atomic E-state index is 8.89. The molecular formula is C11H18N2O2. The number of aliphatic hydroxyl groups excluding tert-OH is 1. The number of aromatic nitrogens is 1. The van der Waals surface area contributed by atoms with Crippen LogP contribution < -0.4 is 4.90 Å². The molecule has 0 radical (unpaired) electrons. The Morgan fingerprint density at radius 1 is 1.53 bits per heavy atom. The molecule has 1 atom stereocenters. The number of likely N-dealkylation sites (N-methyl/N-ethyl adjacent to an activating group) is 1. The molecule has 0 bridgehead atoms. The van der Waals surface area contributed by atoms with E-state index in [1.807, 2.05) is 24.1 Å². The summed E-state index contributed by atoms with van der Waals surface area (Å²) < 4.78 is 5.08. The van der Waals surface area contributed by atoms with Gasteiger partial charge in [-0.3, -0.25) is 0 Å². The monoisotopic (exact) mass is 210 g/mol. The predicted molar refractivity (Wildman–Crippen MR) is 59.9 cm³/mol.